The summed E-state index contributed by atoms with van der Waals surface area (Å²) in [6, 6.07) is -0.989. The largest absolute Gasteiger partial charge is 1.00 e. The minimum absolute atomic E-state index is 0. The third-order valence-electron chi connectivity index (χ3n) is 2.09. The zero-order chi connectivity index (χ0) is 12.3. The first-order valence-corrected chi connectivity index (χ1v) is 6.47. The van der Waals surface area contributed by atoms with Crippen molar-refractivity contribution in [3.05, 3.63) is 0 Å². The molecular formula is C8H13N2NaO5S. The first-order valence-electron chi connectivity index (χ1n) is 4.75. The van der Waals surface area contributed by atoms with E-state index in [1.54, 1.807) is 17.6 Å². The average molecular weight is 272 g/mol. The van der Waals surface area contributed by atoms with E-state index in [2.05, 4.69) is 0 Å². The quantitative estimate of drug-likeness (QED) is 0.401. The Balaban J connectivity index is 0. The smallest absolute Gasteiger partial charge is 1.00 e. The van der Waals surface area contributed by atoms with Gasteiger partial charge in [-0.15, -0.1) is 0 Å². The van der Waals surface area contributed by atoms with Crippen LogP contribution in [0.3, 0.4) is 0 Å². The molecule has 1 saturated heterocycles. The molecule has 4 amide bonds. The van der Waals surface area contributed by atoms with Crippen LogP contribution in [0.2, 0.25) is 0 Å². The summed E-state index contributed by atoms with van der Waals surface area (Å²) in [7, 11) is -3.84. The number of hydrogen-bond acceptors (Lipinski definition) is 5. The second-order valence-electron chi connectivity index (χ2n) is 3.41. The minimum Gasteiger partial charge on any atom is -1.00 e. The molecule has 0 aromatic rings. The Labute approximate surface area is 122 Å². The molecule has 9 heteroatoms. The van der Waals surface area contributed by atoms with Crippen molar-refractivity contribution in [3.63, 3.8) is 0 Å². The van der Waals surface area contributed by atoms with E-state index in [1.807, 2.05) is 0 Å². The van der Waals surface area contributed by atoms with Gasteiger partial charge in [0.2, 0.25) is 5.25 Å². The van der Waals surface area contributed by atoms with E-state index in [9.17, 15) is 22.8 Å². The standard InChI is InChI=1S/C8H12N2O5S.Na.H/c1-2-3-4-16(14,15)5-6(11)9-8(13)10-7(5)12;;/h5H,2-4H2,1H3,(H2,9,10,11,12,13);;/q;+1;-1. The van der Waals surface area contributed by atoms with Crippen LogP contribution in [0.4, 0.5) is 4.79 Å². The fraction of sp³-hybridized carbons (Fsp3) is 0.625. The molecule has 2 N–H and O–H groups in total. The number of hydrogen-bond donors (Lipinski definition) is 2. The van der Waals surface area contributed by atoms with Gasteiger partial charge >= 0.3 is 35.6 Å². The van der Waals surface area contributed by atoms with Crippen LogP contribution < -0.4 is 40.2 Å². The van der Waals surface area contributed by atoms with Crippen molar-refractivity contribution < 1.29 is 53.8 Å². The molecular weight excluding hydrogens is 259 g/mol. The molecule has 1 aliphatic rings. The number of carbonyl (C=O) groups excluding carboxylic acids is 3. The van der Waals surface area contributed by atoms with Gasteiger partial charge < -0.3 is 1.43 Å². The molecule has 0 atom stereocenters. The SMILES string of the molecule is CCCCS(=O)(=O)C1C(=O)NC(=O)NC1=O.[H-].[Na+]. The molecule has 7 nitrogen and oxygen atoms in total. The van der Waals surface area contributed by atoms with Gasteiger partial charge in [0.05, 0.1) is 5.75 Å². The first-order chi connectivity index (χ1) is 7.38. The molecule has 1 heterocycles. The Morgan fingerprint density at radius 2 is 1.65 bits per heavy atom. The summed E-state index contributed by atoms with van der Waals surface area (Å²) in [4.78, 5) is 33.2. The topological polar surface area (TPSA) is 109 Å². The van der Waals surface area contributed by atoms with Crippen LogP contribution in [-0.4, -0.2) is 37.3 Å². The van der Waals surface area contributed by atoms with Gasteiger partial charge in [-0.2, -0.15) is 0 Å². The zero-order valence-corrected chi connectivity index (χ0v) is 12.5. The second-order valence-corrected chi connectivity index (χ2v) is 5.61. The molecule has 0 bridgehead atoms. The molecule has 1 rings (SSSR count). The number of carbonyl (C=O) groups is 3. The van der Waals surface area contributed by atoms with Crippen molar-refractivity contribution >= 4 is 27.7 Å². The van der Waals surface area contributed by atoms with Gasteiger partial charge in [0.25, 0.3) is 11.8 Å². The van der Waals surface area contributed by atoms with Gasteiger partial charge in [-0.3, -0.25) is 20.2 Å². The van der Waals surface area contributed by atoms with E-state index < -0.39 is 32.9 Å². The van der Waals surface area contributed by atoms with E-state index in [4.69, 9.17) is 0 Å². The van der Waals surface area contributed by atoms with E-state index in [1.165, 1.54) is 0 Å². The van der Waals surface area contributed by atoms with Crippen LogP contribution in [0.25, 0.3) is 0 Å². The predicted molar refractivity (Wildman–Crippen MR) is 55.3 cm³/mol. The van der Waals surface area contributed by atoms with Gasteiger partial charge in [0, 0.05) is 0 Å². The zero-order valence-electron chi connectivity index (χ0n) is 10.6. The van der Waals surface area contributed by atoms with Crippen molar-refractivity contribution in [3.8, 4) is 0 Å². The maximum absolute atomic E-state index is 11.6. The number of nitrogens with one attached hydrogen (secondary N) is 2. The first kappa shape index (κ1) is 16.6. The van der Waals surface area contributed by atoms with Crippen molar-refractivity contribution in [2.75, 3.05) is 5.75 Å². The molecule has 0 unspecified atom stereocenters. The Bertz CT molecular complexity index is 419. The van der Waals surface area contributed by atoms with Gasteiger partial charge in [-0.05, 0) is 6.42 Å². The van der Waals surface area contributed by atoms with Gasteiger partial charge in [-0.25, -0.2) is 13.2 Å². The Morgan fingerprint density at radius 1 is 1.18 bits per heavy atom. The van der Waals surface area contributed by atoms with E-state index in [0.29, 0.717) is 12.8 Å². The second kappa shape index (κ2) is 6.48. The third-order valence-corrected chi connectivity index (χ3v) is 4.10. The molecule has 0 aliphatic carbocycles. The van der Waals surface area contributed by atoms with Crippen molar-refractivity contribution in [2.24, 2.45) is 0 Å². The van der Waals surface area contributed by atoms with Crippen molar-refractivity contribution in [1.29, 1.82) is 0 Å². The molecule has 0 spiro atoms. The summed E-state index contributed by atoms with van der Waals surface area (Å²) in [5, 5.41) is 1.70. The monoisotopic (exact) mass is 272 g/mol. The molecule has 92 valence electrons. The van der Waals surface area contributed by atoms with E-state index >= 15 is 0 Å². The van der Waals surface area contributed by atoms with Gasteiger partial charge in [-0.1, -0.05) is 13.3 Å². The molecule has 0 radical (unpaired) electrons. The third kappa shape index (κ3) is 4.06. The average Bonchev–Trinajstić information content (AvgIpc) is 2.12. The minimum atomic E-state index is -3.84. The molecule has 0 saturated carbocycles. The maximum atomic E-state index is 11.6. The Morgan fingerprint density at radius 3 is 2.06 bits per heavy atom. The summed E-state index contributed by atoms with van der Waals surface area (Å²) in [5.41, 5.74) is 0. The maximum Gasteiger partial charge on any atom is 1.00 e. The van der Waals surface area contributed by atoms with E-state index in [-0.39, 0.29) is 36.7 Å². The fourth-order valence-corrected chi connectivity index (χ4v) is 2.99. The molecule has 0 aromatic carbocycles. The van der Waals surface area contributed by atoms with Crippen LogP contribution in [0.5, 0.6) is 0 Å². The number of barbiturate groups is 1. The Hall–Kier alpha value is -0.440. The molecule has 0 aromatic heterocycles. The van der Waals surface area contributed by atoms with Crippen LogP contribution in [0.15, 0.2) is 0 Å². The summed E-state index contributed by atoms with van der Waals surface area (Å²) in [6.45, 7) is 1.79. The normalized spacial score (nSPS) is 17.1. The summed E-state index contributed by atoms with van der Waals surface area (Å²) >= 11 is 0. The molecule has 1 fully saturated rings. The number of imide groups is 2. The molecule has 1 aliphatic heterocycles. The summed E-state index contributed by atoms with van der Waals surface area (Å²) in [5.74, 6) is -2.40. The number of amides is 4. The fourth-order valence-electron chi connectivity index (χ4n) is 1.29. The molecule has 17 heavy (non-hydrogen) atoms. The van der Waals surface area contributed by atoms with Crippen LogP contribution in [0.1, 0.15) is 21.2 Å². The van der Waals surface area contributed by atoms with Crippen LogP contribution >= 0.6 is 0 Å². The number of sulfone groups is 1. The van der Waals surface area contributed by atoms with Crippen molar-refractivity contribution in [2.45, 2.75) is 25.0 Å². The predicted octanol–water partition coefficient (Wildman–Crippen LogP) is -3.95. The van der Waals surface area contributed by atoms with Crippen LogP contribution in [0, 0.1) is 0 Å². The van der Waals surface area contributed by atoms with Gasteiger partial charge in [0.1, 0.15) is 0 Å². The van der Waals surface area contributed by atoms with E-state index in [0.717, 1.165) is 0 Å². The number of urea groups is 1. The number of unbranched alkanes of at least 4 members (excludes halogenated alkanes) is 1. The summed E-state index contributed by atoms with van der Waals surface area (Å²) < 4.78 is 23.3. The Kier molecular flexibility index (Phi) is 6.31. The van der Waals surface area contributed by atoms with Crippen molar-refractivity contribution in [1.82, 2.24) is 10.6 Å². The number of rotatable bonds is 4. The van der Waals surface area contributed by atoms with Crippen LogP contribution in [-0.2, 0) is 19.4 Å². The van der Waals surface area contributed by atoms with Gasteiger partial charge in [0.15, 0.2) is 9.84 Å². The summed E-state index contributed by atoms with van der Waals surface area (Å²) in [6.07, 6.45) is 1.00.